The molecule has 0 radical (unpaired) electrons. The fourth-order valence-corrected chi connectivity index (χ4v) is 2.91. The lowest BCUT2D eigenvalue weighted by Crippen LogP contribution is -2.38. The molecule has 10 heteroatoms. The van der Waals surface area contributed by atoms with Crippen molar-refractivity contribution < 1.29 is 24.0 Å². The van der Waals surface area contributed by atoms with Crippen molar-refractivity contribution in [3.05, 3.63) is 64.5 Å². The van der Waals surface area contributed by atoms with Gasteiger partial charge in [0.25, 0.3) is 5.69 Å². The number of hydrogen-bond donors (Lipinski definition) is 1. The van der Waals surface area contributed by atoms with E-state index in [1.807, 2.05) is 0 Å². The van der Waals surface area contributed by atoms with Gasteiger partial charge >= 0.3 is 5.97 Å². The monoisotopic (exact) mass is 388 g/mol. The van der Waals surface area contributed by atoms with E-state index < -0.39 is 27.8 Å². The Morgan fingerprint density at radius 1 is 1.43 bits per heavy atom. The Balaban J connectivity index is 1.83. The van der Waals surface area contributed by atoms with Gasteiger partial charge in [0, 0.05) is 12.3 Å². The van der Waals surface area contributed by atoms with Crippen molar-refractivity contribution in [1.29, 1.82) is 0 Å². The van der Waals surface area contributed by atoms with E-state index in [9.17, 15) is 24.4 Å². The predicted molar refractivity (Wildman–Crippen MR) is 95.6 cm³/mol. The van der Waals surface area contributed by atoms with E-state index in [0.717, 1.165) is 29.3 Å². The number of fused-ring (bicyclic) bond motifs is 1. The van der Waals surface area contributed by atoms with E-state index in [1.54, 1.807) is 29.9 Å². The van der Waals surface area contributed by atoms with Crippen molar-refractivity contribution in [3.8, 4) is 5.75 Å². The number of carboxylic acids is 1. The number of carboxylic acid groups (broad SMARTS) is 1. The zero-order valence-electron chi connectivity index (χ0n) is 14.9. The lowest BCUT2D eigenvalue weighted by Gasteiger charge is -2.27. The number of rotatable bonds is 8. The minimum atomic E-state index is -1.31. The number of nitrogens with zero attached hydrogens (tertiary/aromatic N) is 4. The Hall–Kier alpha value is -3.56. The van der Waals surface area contributed by atoms with Crippen LogP contribution in [0.1, 0.15) is 18.9 Å². The highest BCUT2D eigenvalue weighted by Gasteiger charge is 2.38. The summed E-state index contributed by atoms with van der Waals surface area (Å²) >= 11 is 0. The summed E-state index contributed by atoms with van der Waals surface area (Å²) in [6.07, 6.45) is 5.05. The van der Waals surface area contributed by atoms with Crippen LogP contribution in [-0.2, 0) is 11.2 Å². The van der Waals surface area contributed by atoms with Gasteiger partial charge in [-0.2, -0.15) is 5.10 Å². The lowest BCUT2D eigenvalue weighted by molar-refractivity contribution is -0.385. The molecule has 0 aliphatic heterocycles. The maximum Gasteiger partial charge on any atom is 0.313 e. The molecule has 0 aliphatic rings. The average Bonchev–Trinajstić information content (AvgIpc) is 3.07. The normalized spacial score (nSPS) is 13.2. The maximum atomic E-state index is 14.1. The molecule has 0 bridgehead atoms. The molecular weight excluding hydrogens is 371 g/mol. The molecule has 9 nitrogen and oxygen atoms in total. The van der Waals surface area contributed by atoms with Crippen LogP contribution < -0.4 is 4.74 Å². The number of non-ortho nitro benzene ring substituents is 1. The molecule has 0 aliphatic carbocycles. The smallest absolute Gasteiger partial charge is 0.313 e. The zero-order chi connectivity index (χ0) is 20.3. The molecule has 0 fully saturated rings. The van der Waals surface area contributed by atoms with Gasteiger partial charge < -0.3 is 9.84 Å². The summed E-state index contributed by atoms with van der Waals surface area (Å²) in [5.41, 5.74) is -0.286. The summed E-state index contributed by atoms with van der Waals surface area (Å²) in [5, 5.41) is 24.6. The second kappa shape index (κ2) is 7.59. The van der Waals surface area contributed by atoms with Crippen molar-refractivity contribution in [2.45, 2.75) is 19.8 Å². The second-order valence-corrected chi connectivity index (χ2v) is 6.40. The van der Waals surface area contributed by atoms with Gasteiger partial charge in [-0.1, -0.05) is 6.92 Å². The molecule has 0 spiro atoms. The molecule has 2 heterocycles. The van der Waals surface area contributed by atoms with Crippen molar-refractivity contribution in [2.75, 3.05) is 6.61 Å². The van der Waals surface area contributed by atoms with E-state index in [1.165, 1.54) is 6.33 Å². The van der Waals surface area contributed by atoms with Gasteiger partial charge in [0.05, 0.1) is 22.7 Å². The highest BCUT2D eigenvalue weighted by Crippen LogP contribution is 2.31. The molecule has 0 saturated heterocycles. The number of halogens is 1. The largest absolute Gasteiger partial charge is 0.489 e. The van der Waals surface area contributed by atoms with Gasteiger partial charge in [0.1, 0.15) is 18.3 Å². The summed E-state index contributed by atoms with van der Waals surface area (Å²) < 4.78 is 21.1. The maximum absolute atomic E-state index is 14.1. The van der Waals surface area contributed by atoms with Crippen LogP contribution in [0.5, 0.6) is 5.75 Å². The van der Waals surface area contributed by atoms with Crippen LogP contribution in [0.4, 0.5) is 10.1 Å². The van der Waals surface area contributed by atoms with E-state index >= 15 is 0 Å². The second-order valence-electron chi connectivity index (χ2n) is 6.40. The minimum Gasteiger partial charge on any atom is -0.489 e. The summed E-state index contributed by atoms with van der Waals surface area (Å²) in [6.45, 7) is 1.41. The summed E-state index contributed by atoms with van der Waals surface area (Å²) in [4.78, 5) is 25.9. The quantitative estimate of drug-likeness (QED) is 0.465. The van der Waals surface area contributed by atoms with Crippen molar-refractivity contribution in [1.82, 2.24) is 14.6 Å². The molecule has 28 heavy (non-hydrogen) atoms. The standard InChI is InChI=1S/C18H17FN4O5/c1-2-18(17(24)25,7-12-5-14-8-20-11-21-22(14)9-12)10-28-16-4-3-13(23(26)27)6-15(16)19/h3-6,8-9,11H,2,7,10H2,1H3,(H,24,25). The molecule has 3 rings (SSSR count). The van der Waals surface area contributed by atoms with E-state index in [0.29, 0.717) is 0 Å². The number of aliphatic carboxylic acids is 1. The number of carbonyl (C=O) groups is 1. The minimum absolute atomic E-state index is 0.136. The van der Waals surface area contributed by atoms with Crippen LogP contribution in [0, 0.1) is 21.3 Å². The molecule has 1 atom stereocenters. The molecule has 1 aromatic carbocycles. The average molecular weight is 388 g/mol. The summed E-state index contributed by atoms with van der Waals surface area (Å²) in [5.74, 6) is -2.24. The fraction of sp³-hybridized carbons (Fsp3) is 0.278. The number of nitro benzene ring substituents is 1. The van der Waals surface area contributed by atoms with E-state index in [2.05, 4.69) is 10.1 Å². The van der Waals surface area contributed by atoms with Crippen LogP contribution in [0.25, 0.3) is 5.52 Å². The number of ether oxygens (including phenoxy) is 1. The lowest BCUT2D eigenvalue weighted by atomic mass is 9.80. The Kier molecular flexibility index (Phi) is 5.21. The third-order valence-electron chi connectivity index (χ3n) is 4.64. The van der Waals surface area contributed by atoms with Gasteiger partial charge in [-0.15, -0.1) is 0 Å². The Bertz CT molecular complexity index is 1000. The first-order chi connectivity index (χ1) is 13.3. The fourth-order valence-electron chi connectivity index (χ4n) is 2.91. The third kappa shape index (κ3) is 3.75. The SMILES string of the molecule is CCC(COc1ccc([N+](=O)[O-])cc1F)(Cc1cc2cncnn2c1)C(=O)O. The van der Waals surface area contributed by atoms with Gasteiger partial charge in [0.2, 0.25) is 0 Å². The topological polar surface area (TPSA) is 120 Å². The number of aromatic nitrogens is 3. The predicted octanol–water partition coefficient (Wildman–Crippen LogP) is 2.88. The molecule has 2 aromatic heterocycles. The summed E-state index contributed by atoms with van der Waals surface area (Å²) in [6, 6.07) is 4.74. The molecule has 3 aromatic rings. The number of hydrogen-bond acceptors (Lipinski definition) is 6. The highest BCUT2D eigenvalue weighted by molar-refractivity contribution is 5.75. The van der Waals surface area contributed by atoms with Crippen molar-refractivity contribution in [2.24, 2.45) is 5.41 Å². The Morgan fingerprint density at radius 3 is 2.82 bits per heavy atom. The zero-order valence-corrected chi connectivity index (χ0v) is 14.9. The Labute approximate surface area is 158 Å². The first kappa shape index (κ1) is 19.2. The van der Waals surface area contributed by atoms with Gasteiger partial charge in [-0.25, -0.2) is 13.9 Å². The summed E-state index contributed by atoms with van der Waals surface area (Å²) in [7, 11) is 0. The first-order valence-electron chi connectivity index (χ1n) is 8.42. The van der Waals surface area contributed by atoms with Gasteiger partial charge in [-0.3, -0.25) is 14.9 Å². The molecule has 1 N–H and O–H groups in total. The van der Waals surface area contributed by atoms with Crippen LogP contribution >= 0.6 is 0 Å². The number of nitro groups is 1. The van der Waals surface area contributed by atoms with Crippen molar-refractivity contribution >= 4 is 17.2 Å². The van der Waals surface area contributed by atoms with Crippen LogP contribution in [0.15, 0.2) is 43.0 Å². The van der Waals surface area contributed by atoms with E-state index in [-0.39, 0.29) is 25.2 Å². The first-order valence-corrected chi connectivity index (χ1v) is 8.42. The van der Waals surface area contributed by atoms with Gasteiger partial charge in [-0.05, 0) is 30.5 Å². The van der Waals surface area contributed by atoms with Gasteiger partial charge in [0.15, 0.2) is 11.6 Å². The molecular formula is C18H17FN4O5. The van der Waals surface area contributed by atoms with Crippen LogP contribution in [-0.4, -0.2) is 37.2 Å². The third-order valence-corrected chi connectivity index (χ3v) is 4.64. The molecule has 0 amide bonds. The van der Waals surface area contributed by atoms with Crippen LogP contribution in [0.3, 0.4) is 0 Å². The highest BCUT2D eigenvalue weighted by atomic mass is 19.1. The van der Waals surface area contributed by atoms with Crippen LogP contribution in [0.2, 0.25) is 0 Å². The number of benzene rings is 1. The molecule has 146 valence electrons. The Morgan fingerprint density at radius 2 is 2.21 bits per heavy atom. The van der Waals surface area contributed by atoms with Crippen molar-refractivity contribution in [3.63, 3.8) is 0 Å². The molecule has 0 saturated carbocycles. The van der Waals surface area contributed by atoms with E-state index in [4.69, 9.17) is 4.74 Å². The molecule has 1 unspecified atom stereocenters.